The number of aromatic amines is 1. The summed E-state index contributed by atoms with van der Waals surface area (Å²) >= 11 is 6.23. The lowest BCUT2D eigenvalue weighted by molar-refractivity contribution is 0.0712. The highest BCUT2D eigenvalue weighted by atomic mass is 35.5. The zero-order valence-corrected chi connectivity index (χ0v) is 22.6. The third kappa shape index (κ3) is 4.85. The van der Waals surface area contributed by atoms with E-state index in [1.807, 2.05) is 36.1 Å². The second kappa shape index (κ2) is 10.2. The molecule has 6 rings (SSSR count). The van der Waals surface area contributed by atoms with Crippen molar-refractivity contribution in [2.75, 3.05) is 26.2 Å². The fraction of sp³-hybridized carbons (Fsp3) is 0.433. The minimum atomic E-state index is -0.180. The molecule has 2 aliphatic heterocycles. The number of aryl methyl sites for hydroxylation is 2. The van der Waals surface area contributed by atoms with Crippen LogP contribution in [0.25, 0.3) is 0 Å². The van der Waals surface area contributed by atoms with Crippen LogP contribution in [0.4, 0.5) is 0 Å². The summed E-state index contributed by atoms with van der Waals surface area (Å²) in [6.07, 6.45) is 6.78. The second-order valence-corrected chi connectivity index (χ2v) is 11.6. The summed E-state index contributed by atoms with van der Waals surface area (Å²) in [6.45, 7) is 6.69. The molecule has 2 saturated heterocycles. The largest absolute Gasteiger partial charge is 0.347 e. The van der Waals surface area contributed by atoms with Gasteiger partial charge in [0.2, 0.25) is 0 Å². The van der Waals surface area contributed by atoms with Gasteiger partial charge >= 0.3 is 0 Å². The molecule has 1 spiro atoms. The number of benzene rings is 2. The van der Waals surface area contributed by atoms with Gasteiger partial charge in [-0.3, -0.25) is 14.5 Å². The van der Waals surface area contributed by atoms with Gasteiger partial charge in [0.25, 0.3) is 11.8 Å². The maximum Gasteiger partial charge on any atom is 0.253 e. The van der Waals surface area contributed by atoms with E-state index < -0.39 is 0 Å². The molecule has 1 unspecified atom stereocenters. The molecule has 0 saturated carbocycles. The summed E-state index contributed by atoms with van der Waals surface area (Å²) in [5.74, 6) is -0.0797. The highest BCUT2D eigenvalue weighted by Crippen LogP contribution is 2.41. The minimum absolute atomic E-state index is 0.100. The van der Waals surface area contributed by atoms with Gasteiger partial charge in [-0.1, -0.05) is 29.8 Å². The molecular weight excluding hydrogens is 498 g/mol. The minimum Gasteiger partial charge on any atom is -0.347 e. The standard InChI is InChI=1S/C30H34ClN5O2/c1-20-27(33-19-32-20)17-35-13-10-30(11-14-35)12-15-36(18-30)29(38)22-7-6-21-8-9-26(24(21)16-22)34-28(37)23-4-2-3-5-25(23)31/h2-7,16,19,26H,8-15,17-18H2,1H3,(H,32,33)(H,34,37). The van der Waals surface area contributed by atoms with E-state index in [1.54, 1.807) is 18.5 Å². The predicted octanol–water partition coefficient (Wildman–Crippen LogP) is 4.92. The van der Waals surface area contributed by atoms with Crippen LogP contribution >= 0.6 is 11.6 Å². The van der Waals surface area contributed by atoms with Crippen molar-refractivity contribution >= 4 is 23.4 Å². The molecule has 38 heavy (non-hydrogen) atoms. The molecule has 3 aromatic rings. The van der Waals surface area contributed by atoms with Crippen molar-refractivity contribution in [2.24, 2.45) is 5.41 Å². The second-order valence-electron chi connectivity index (χ2n) is 11.2. The van der Waals surface area contributed by atoms with Crippen LogP contribution in [-0.2, 0) is 13.0 Å². The number of hydrogen-bond acceptors (Lipinski definition) is 4. The molecule has 8 heteroatoms. The molecule has 2 N–H and O–H groups in total. The molecular formula is C30H34ClN5O2. The smallest absolute Gasteiger partial charge is 0.253 e. The number of imidazole rings is 1. The van der Waals surface area contributed by atoms with Crippen molar-refractivity contribution in [3.05, 3.63) is 87.5 Å². The van der Waals surface area contributed by atoms with E-state index >= 15 is 0 Å². The van der Waals surface area contributed by atoms with Gasteiger partial charge in [-0.2, -0.15) is 0 Å². The van der Waals surface area contributed by atoms with Crippen LogP contribution in [0.2, 0.25) is 5.02 Å². The van der Waals surface area contributed by atoms with Crippen molar-refractivity contribution in [3.63, 3.8) is 0 Å². The Balaban J connectivity index is 1.09. The van der Waals surface area contributed by atoms with Crippen LogP contribution < -0.4 is 5.32 Å². The average Bonchev–Trinajstić information content (AvgIpc) is 3.64. The van der Waals surface area contributed by atoms with E-state index in [0.717, 1.165) is 76.1 Å². The molecule has 2 amide bonds. The fourth-order valence-electron chi connectivity index (χ4n) is 6.42. The Bertz CT molecular complexity index is 1360. The molecule has 0 radical (unpaired) electrons. The van der Waals surface area contributed by atoms with Crippen LogP contribution in [0.5, 0.6) is 0 Å². The molecule has 3 aliphatic rings. The van der Waals surface area contributed by atoms with Crippen molar-refractivity contribution in [2.45, 2.75) is 51.6 Å². The van der Waals surface area contributed by atoms with Gasteiger partial charge in [0, 0.05) is 25.2 Å². The topological polar surface area (TPSA) is 81.3 Å². The predicted molar refractivity (Wildman–Crippen MR) is 147 cm³/mol. The summed E-state index contributed by atoms with van der Waals surface area (Å²) in [7, 11) is 0. The lowest BCUT2D eigenvalue weighted by atomic mass is 9.77. The number of carbonyl (C=O) groups excluding carboxylic acids is 2. The van der Waals surface area contributed by atoms with Crippen LogP contribution in [0.15, 0.2) is 48.8 Å². The van der Waals surface area contributed by atoms with Gasteiger partial charge in [0.05, 0.1) is 34.3 Å². The maximum atomic E-state index is 13.6. The lowest BCUT2D eigenvalue weighted by Crippen LogP contribution is -2.42. The van der Waals surface area contributed by atoms with E-state index in [1.165, 1.54) is 11.3 Å². The Kier molecular flexibility index (Phi) is 6.74. The zero-order chi connectivity index (χ0) is 26.3. The number of nitrogens with one attached hydrogen (secondary N) is 2. The quantitative estimate of drug-likeness (QED) is 0.490. The molecule has 2 aromatic carbocycles. The van der Waals surface area contributed by atoms with Crippen molar-refractivity contribution in [3.8, 4) is 0 Å². The van der Waals surface area contributed by atoms with Crippen molar-refractivity contribution < 1.29 is 9.59 Å². The monoisotopic (exact) mass is 531 g/mol. The molecule has 7 nitrogen and oxygen atoms in total. The summed E-state index contributed by atoms with van der Waals surface area (Å²) in [6, 6.07) is 13.0. The van der Waals surface area contributed by atoms with Crippen LogP contribution in [0.3, 0.4) is 0 Å². The van der Waals surface area contributed by atoms with E-state index in [4.69, 9.17) is 11.6 Å². The normalized spacial score (nSPS) is 20.6. The molecule has 2 fully saturated rings. The zero-order valence-electron chi connectivity index (χ0n) is 21.8. The van der Waals surface area contributed by atoms with Crippen LogP contribution in [-0.4, -0.2) is 57.8 Å². The Labute approximate surface area is 228 Å². The number of fused-ring (bicyclic) bond motifs is 1. The molecule has 0 bridgehead atoms. The number of halogens is 1. The Morgan fingerprint density at radius 1 is 1.13 bits per heavy atom. The highest BCUT2D eigenvalue weighted by molar-refractivity contribution is 6.33. The Morgan fingerprint density at radius 2 is 1.92 bits per heavy atom. The number of rotatable bonds is 5. The van der Waals surface area contributed by atoms with Crippen molar-refractivity contribution in [1.82, 2.24) is 25.1 Å². The number of hydrogen-bond donors (Lipinski definition) is 2. The van der Waals surface area contributed by atoms with Crippen LogP contribution in [0, 0.1) is 12.3 Å². The first-order valence-electron chi connectivity index (χ1n) is 13.6. The summed E-state index contributed by atoms with van der Waals surface area (Å²) in [5.41, 5.74) is 5.92. The summed E-state index contributed by atoms with van der Waals surface area (Å²) in [4.78, 5) is 38.6. The number of amides is 2. The fourth-order valence-corrected chi connectivity index (χ4v) is 6.65. The summed E-state index contributed by atoms with van der Waals surface area (Å²) in [5, 5.41) is 3.58. The lowest BCUT2D eigenvalue weighted by Gasteiger charge is -2.39. The molecule has 1 atom stereocenters. The van der Waals surface area contributed by atoms with E-state index in [0.29, 0.717) is 16.1 Å². The van der Waals surface area contributed by atoms with Gasteiger partial charge < -0.3 is 15.2 Å². The van der Waals surface area contributed by atoms with Gasteiger partial charge in [0.15, 0.2) is 0 Å². The third-order valence-electron chi connectivity index (χ3n) is 8.85. The first-order valence-corrected chi connectivity index (χ1v) is 14.0. The number of aromatic nitrogens is 2. The van der Waals surface area contributed by atoms with Gasteiger partial charge in [-0.25, -0.2) is 4.98 Å². The molecule has 198 valence electrons. The average molecular weight is 532 g/mol. The molecule has 1 aromatic heterocycles. The first kappa shape index (κ1) is 25.1. The maximum absolute atomic E-state index is 13.6. The summed E-state index contributed by atoms with van der Waals surface area (Å²) < 4.78 is 0. The third-order valence-corrected chi connectivity index (χ3v) is 9.18. The van der Waals surface area contributed by atoms with E-state index in [2.05, 4.69) is 26.3 Å². The number of carbonyl (C=O) groups is 2. The number of H-pyrrole nitrogens is 1. The first-order chi connectivity index (χ1) is 18.4. The van der Waals surface area contributed by atoms with Gasteiger partial charge in [0.1, 0.15) is 0 Å². The van der Waals surface area contributed by atoms with Gasteiger partial charge in [-0.05, 0) is 92.9 Å². The van der Waals surface area contributed by atoms with Crippen molar-refractivity contribution in [1.29, 1.82) is 0 Å². The SMILES string of the molecule is Cc1nc[nH]c1CN1CCC2(CC1)CCN(C(=O)c1ccc3c(c1)C(NC(=O)c1ccccc1Cl)CC3)C2. The Morgan fingerprint density at radius 3 is 2.68 bits per heavy atom. The van der Waals surface area contributed by atoms with E-state index in [9.17, 15) is 9.59 Å². The van der Waals surface area contributed by atoms with E-state index in [-0.39, 0.29) is 23.3 Å². The molecule has 1 aliphatic carbocycles. The highest BCUT2D eigenvalue weighted by Gasteiger charge is 2.42. The van der Waals surface area contributed by atoms with Gasteiger partial charge in [-0.15, -0.1) is 0 Å². The Hall–Kier alpha value is -3.16. The number of piperidine rings is 1. The molecule has 3 heterocycles. The number of likely N-dealkylation sites (tertiary alicyclic amines) is 2. The number of nitrogens with zero attached hydrogens (tertiary/aromatic N) is 3. The van der Waals surface area contributed by atoms with Crippen LogP contribution in [0.1, 0.15) is 75.0 Å².